The maximum absolute atomic E-state index is 13.9. The number of alkyl halides is 1. The van der Waals surface area contributed by atoms with Crippen LogP contribution in [0, 0.1) is 0 Å². The lowest BCUT2D eigenvalue weighted by atomic mass is 9.93. The highest BCUT2D eigenvalue weighted by Crippen LogP contribution is 2.41. The Bertz CT molecular complexity index is 209. The standard InChI is InChI=1S/C11H20FNO/c1-9(2)14-8-11-5-3-6-13(11)7-4-10(11)12/h9-10H,3-8H2,1-2H3. The molecule has 0 aromatic rings. The first-order valence-electron chi connectivity index (χ1n) is 5.66. The molecule has 2 saturated heterocycles. The number of fused-ring (bicyclic) bond motifs is 1. The molecule has 2 aliphatic rings. The van der Waals surface area contributed by atoms with E-state index in [1.807, 2.05) is 13.8 Å². The van der Waals surface area contributed by atoms with Crippen LogP contribution in [0.25, 0.3) is 0 Å². The topological polar surface area (TPSA) is 12.5 Å². The Kier molecular flexibility index (Phi) is 2.80. The Morgan fingerprint density at radius 1 is 1.50 bits per heavy atom. The van der Waals surface area contributed by atoms with Gasteiger partial charge in [-0.2, -0.15) is 0 Å². The minimum Gasteiger partial charge on any atom is -0.377 e. The molecule has 2 rings (SSSR count). The number of hydrogen-bond donors (Lipinski definition) is 0. The first kappa shape index (κ1) is 10.4. The molecule has 0 aliphatic carbocycles. The third kappa shape index (κ3) is 1.57. The Hall–Kier alpha value is -0.150. The normalized spacial score (nSPS) is 38.1. The summed E-state index contributed by atoms with van der Waals surface area (Å²) in [7, 11) is 0. The van der Waals surface area contributed by atoms with Crippen LogP contribution in [-0.2, 0) is 4.74 Å². The van der Waals surface area contributed by atoms with Crippen molar-refractivity contribution in [1.29, 1.82) is 0 Å². The van der Waals surface area contributed by atoms with E-state index in [-0.39, 0.29) is 11.6 Å². The highest BCUT2D eigenvalue weighted by atomic mass is 19.1. The molecule has 0 aromatic carbocycles. The van der Waals surface area contributed by atoms with Crippen molar-refractivity contribution in [2.24, 2.45) is 0 Å². The van der Waals surface area contributed by atoms with Gasteiger partial charge in [0.1, 0.15) is 6.17 Å². The second-order valence-electron chi connectivity index (χ2n) is 4.81. The molecule has 3 heteroatoms. The average molecular weight is 201 g/mol. The van der Waals surface area contributed by atoms with Gasteiger partial charge in [0, 0.05) is 6.54 Å². The predicted octanol–water partition coefficient (Wildman–Crippen LogP) is 1.99. The third-order valence-electron chi connectivity index (χ3n) is 3.57. The van der Waals surface area contributed by atoms with Gasteiger partial charge in [0.2, 0.25) is 0 Å². The van der Waals surface area contributed by atoms with E-state index in [0.29, 0.717) is 13.0 Å². The van der Waals surface area contributed by atoms with Gasteiger partial charge in [0.25, 0.3) is 0 Å². The fourth-order valence-corrected chi connectivity index (χ4v) is 2.75. The molecule has 0 N–H and O–H groups in total. The van der Waals surface area contributed by atoms with Crippen molar-refractivity contribution >= 4 is 0 Å². The van der Waals surface area contributed by atoms with Crippen LogP contribution in [0.15, 0.2) is 0 Å². The number of nitrogens with zero attached hydrogens (tertiary/aromatic N) is 1. The molecule has 0 aromatic heterocycles. The van der Waals surface area contributed by atoms with Gasteiger partial charge in [0.15, 0.2) is 0 Å². The Labute approximate surface area is 85.4 Å². The van der Waals surface area contributed by atoms with Crippen LogP contribution in [0.3, 0.4) is 0 Å². The molecule has 0 spiro atoms. The summed E-state index contributed by atoms with van der Waals surface area (Å²) in [4.78, 5) is 2.29. The van der Waals surface area contributed by atoms with E-state index in [0.717, 1.165) is 25.9 Å². The van der Waals surface area contributed by atoms with Gasteiger partial charge in [-0.15, -0.1) is 0 Å². The number of halogens is 1. The van der Waals surface area contributed by atoms with Gasteiger partial charge in [-0.05, 0) is 39.7 Å². The highest BCUT2D eigenvalue weighted by Gasteiger charge is 2.52. The van der Waals surface area contributed by atoms with Crippen LogP contribution < -0.4 is 0 Å². The highest BCUT2D eigenvalue weighted by molar-refractivity contribution is 5.06. The summed E-state index contributed by atoms with van der Waals surface area (Å²) >= 11 is 0. The molecule has 0 amide bonds. The smallest absolute Gasteiger partial charge is 0.122 e. The Morgan fingerprint density at radius 3 is 3.00 bits per heavy atom. The summed E-state index contributed by atoms with van der Waals surface area (Å²) in [5.74, 6) is 0. The molecule has 2 heterocycles. The molecule has 82 valence electrons. The van der Waals surface area contributed by atoms with Crippen LogP contribution in [0.2, 0.25) is 0 Å². The maximum Gasteiger partial charge on any atom is 0.122 e. The molecule has 0 bridgehead atoms. The van der Waals surface area contributed by atoms with Crippen molar-refractivity contribution in [3.05, 3.63) is 0 Å². The quantitative estimate of drug-likeness (QED) is 0.692. The Morgan fingerprint density at radius 2 is 2.29 bits per heavy atom. The first-order chi connectivity index (χ1) is 6.65. The van der Waals surface area contributed by atoms with Crippen molar-refractivity contribution in [2.45, 2.75) is 50.9 Å². The summed E-state index contributed by atoms with van der Waals surface area (Å²) in [6, 6.07) is 0. The monoisotopic (exact) mass is 201 g/mol. The van der Waals surface area contributed by atoms with Crippen LogP contribution in [0.1, 0.15) is 33.1 Å². The SMILES string of the molecule is CC(C)OCC12CCCN1CCC2F. The van der Waals surface area contributed by atoms with Crippen molar-refractivity contribution in [3.8, 4) is 0 Å². The molecule has 2 aliphatic heterocycles. The summed E-state index contributed by atoms with van der Waals surface area (Å²) in [5, 5.41) is 0. The van der Waals surface area contributed by atoms with Crippen LogP contribution in [-0.4, -0.2) is 42.4 Å². The fourth-order valence-electron chi connectivity index (χ4n) is 2.75. The lowest BCUT2D eigenvalue weighted by molar-refractivity contribution is -0.0212. The zero-order valence-electron chi connectivity index (χ0n) is 9.13. The molecule has 2 atom stereocenters. The second kappa shape index (κ2) is 3.78. The zero-order chi connectivity index (χ0) is 10.2. The van der Waals surface area contributed by atoms with Gasteiger partial charge in [-0.1, -0.05) is 0 Å². The minimum atomic E-state index is -0.677. The van der Waals surface area contributed by atoms with Gasteiger partial charge in [-0.3, -0.25) is 4.90 Å². The van der Waals surface area contributed by atoms with E-state index in [9.17, 15) is 4.39 Å². The molecular weight excluding hydrogens is 181 g/mol. The van der Waals surface area contributed by atoms with Gasteiger partial charge < -0.3 is 4.74 Å². The van der Waals surface area contributed by atoms with Crippen molar-refractivity contribution in [1.82, 2.24) is 4.90 Å². The van der Waals surface area contributed by atoms with Crippen molar-refractivity contribution < 1.29 is 9.13 Å². The number of hydrogen-bond acceptors (Lipinski definition) is 2. The molecule has 2 unspecified atom stereocenters. The van der Waals surface area contributed by atoms with E-state index in [1.54, 1.807) is 0 Å². The summed E-state index contributed by atoms with van der Waals surface area (Å²) < 4.78 is 19.5. The molecule has 0 saturated carbocycles. The summed E-state index contributed by atoms with van der Waals surface area (Å²) in [5.41, 5.74) is -0.260. The van der Waals surface area contributed by atoms with Crippen LogP contribution >= 0.6 is 0 Å². The summed E-state index contributed by atoms with van der Waals surface area (Å²) in [6.07, 6.45) is 2.33. The largest absolute Gasteiger partial charge is 0.377 e. The molecule has 0 radical (unpaired) electrons. The van der Waals surface area contributed by atoms with E-state index in [4.69, 9.17) is 4.74 Å². The van der Waals surface area contributed by atoms with E-state index in [2.05, 4.69) is 4.90 Å². The molecule has 2 nitrogen and oxygen atoms in total. The first-order valence-corrected chi connectivity index (χ1v) is 5.66. The lowest BCUT2D eigenvalue weighted by Crippen LogP contribution is -2.48. The zero-order valence-corrected chi connectivity index (χ0v) is 9.13. The predicted molar refractivity (Wildman–Crippen MR) is 54.1 cm³/mol. The minimum absolute atomic E-state index is 0.208. The number of rotatable bonds is 3. The van der Waals surface area contributed by atoms with Crippen LogP contribution in [0.5, 0.6) is 0 Å². The van der Waals surface area contributed by atoms with Gasteiger partial charge >= 0.3 is 0 Å². The van der Waals surface area contributed by atoms with Gasteiger partial charge in [-0.25, -0.2) is 4.39 Å². The number of ether oxygens (including phenoxy) is 1. The Balaban J connectivity index is 2.02. The third-order valence-corrected chi connectivity index (χ3v) is 3.57. The van der Waals surface area contributed by atoms with Crippen molar-refractivity contribution in [3.63, 3.8) is 0 Å². The van der Waals surface area contributed by atoms with E-state index < -0.39 is 6.17 Å². The van der Waals surface area contributed by atoms with Crippen molar-refractivity contribution in [2.75, 3.05) is 19.7 Å². The lowest BCUT2D eigenvalue weighted by Gasteiger charge is -2.34. The van der Waals surface area contributed by atoms with Crippen LogP contribution in [0.4, 0.5) is 4.39 Å². The molecule has 2 fully saturated rings. The molecular formula is C11H20FNO. The fraction of sp³-hybridized carbons (Fsp3) is 1.00. The maximum atomic E-state index is 13.9. The van der Waals surface area contributed by atoms with Gasteiger partial charge in [0.05, 0.1) is 18.2 Å². The average Bonchev–Trinajstić information content (AvgIpc) is 2.65. The second-order valence-corrected chi connectivity index (χ2v) is 4.81. The molecule has 14 heavy (non-hydrogen) atoms. The van der Waals surface area contributed by atoms with E-state index in [1.165, 1.54) is 0 Å². The summed E-state index contributed by atoms with van der Waals surface area (Å²) in [6.45, 7) is 6.58. The van der Waals surface area contributed by atoms with E-state index >= 15 is 0 Å².